The molecule has 1 N–H and O–H groups in total. The Balaban J connectivity index is 2.25. The van der Waals surface area contributed by atoms with Gasteiger partial charge in [-0.05, 0) is 49.1 Å². The summed E-state index contributed by atoms with van der Waals surface area (Å²) in [4.78, 5) is 2.82. The van der Waals surface area contributed by atoms with Crippen LogP contribution in [0.5, 0.6) is 0 Å². The normalized spacial score (nSPS) is 20.8. The van der Waals surface area contributed by atoms with Crippen LogP contribution in [-0.2, 0) is 0 Å². The molecular weight excluding hydrogens is 222 g/mol. The van der Waals surface area contributed by atoms with Gasteiger partial charge in [0.2, 0.25) is 0 Å². The first-order valence-electron chi connectivity index (χ1n) is 5.28. The van der Waals surface area contributed by atoms with Crippen molar-refractivity contribution < 1.29 is 0 Å². The lowest BCUT2D eigenvalue weighted by Crippen LogP contribution is -2.07. The molecule has 0 saturated carbocycles. The molecule has 1 fully saturated rings. The van der Waals surface area contributed by atoms with Crippen LogP contribution in [0.25, 0.3) is 0 Å². The molecule has 1 aliphatic heterocycles. The Morgan fingerprint density at radius 1 is 1.20 bits per heavy atom. The zero-order chi connectivity index (χ0) is 10.7. The zero-order valence-corrected chi connectivity index (χ0v) is 10.9. The lowest BCUT2D eigenvalue weighted by atomic mass is 9.99. The minimum absolute atomic E-state index is 0.729. The molecule has 0 bridgehead atoms. The van der Waals surface area contributed by atoms with Gasteiger partial charge in [-0.25, -0.2) is 0 Å². The van der Waals surface area contributed by atoms with Crippen LogP contribution in [0.2, 0.25) is 0 Å². The molecule has 0 spiro atoms. The number of benzene rings is 1. The Bertz CT molecular complexity index is 332. The number of hydrogen-bond donors (Lipinski definition) is 1. The largest absolute Gasteiger partial charge is 0.316 e. The first-order chi connectivity index (χ1) is 7.35. The molecular formula is C12H17NS2. The van der Waals surface area contributed by atoms with Crippen molar-refractivity contribution in [3.8, 4) is 0 Å². The van der Waals surface area contributed by atoms with Crippen molar-refractivity contribution in [2.24, 2.45) is 0 Å². The van der Waals surface area contributed by atoms with Crippen LogP contribution in [0.15, 0.2) is 28.0 Å². The van der Waals surface area contributed by atoms with Gasteiger partial charge in [-0.2, -0.15) is 0 Å². The third-order valence-corrected chi connectivity index (χ3v) is 4.64. The molecule has 0 radical (unpaired) electrons. The molecule has 15 heavy (non-hydrogen) atoms. The van der Waals surface area contributed by atoms with Crippen LogP contribution in [0.3, 0.4) is 0 Å². The van der Waals surface area contributed by atoms with E-state index in [9.17, 15) is 0 Å². The number of thioether (sulfide) groups is 2. The van der Waals surface area contributed by atoms with E-state index >= 15 is 0 Å². The van der Waals surface area contributed by atoms with Gasteiger partial charge in [0.15, 0.2) is 0 Å². The van der Waals surface area contributed by atoms with E-state index in [1.807, 2.05) is 23.5 Å². The lowest BCUT2D eigenvalue weighted by Gasteiger charge is -2.12. The molecule has 0 aromatic heterocycles. The van der Waals surface area contributed by atoms with Crippen LogP contribution in [0, 0.1) is 0 Å². The van der Waals surface area contributed by atoms with E-state index in [-0.39, 0.29) is 0 Å². The van der Waals surface area contributed by atoms with Gasteiger partial charge < -0.3 is 5.32 Å². The molecule has 1 aliphatic rings. The van der Waals surface area contributed by atoms with Crippen LogP contribution >= 0.6 is 23.5 Å². The third kappa shape index (κ3) is 2.52. The third-order valence-electron chi connectivity index (χ3n) is 2.94. The maximum Gasteiger partial charge on any atom is 0.0208 e. The second kappa shape index (κ2) is 5.28. The smallest absolute Gasteiger partial charge is 0.0208 e. The van der Waals surface area contributed by atoms with Gasteiger partial charge in [0, 0.05) is 16.3 Å². The Morgan fingerprint density at radius 2 is 2.00 bits per heavy atom. The molecule has 1 atom stereocenters. The van der Waals surface area contributed by atoms with Crippen LogP contribution in [-0.4, -0.2) is 25.6 Å². The molecule has 1 unspecified atom stereocenters. The molecule has 1 nitrogen and oxygen atoms in total. The fourth-order valence-electron chi connectivity index (χ4n) is 2.05. The second-order valence-electron chi connectivity index (χ2n) is 3.80. The van der Waals surface area contributed by atoms with Gasteiger partial charge in [0.05, 0.1) is 0 Å². The minimum atomic E-state index is 0.729. The van der Waals surface area contributed by atoms with Gasteiger partial charge in [-0.1, -0.05) is 6.07 Å². The van der Waals surface area contributed by atoms with E-state index in [2.05, 4.69) is 36.0 Å². The first-order valence-corrected chi connectivity index (χ1v) is 7.72. The highest BCUT2D eigenvalue weighted by Crippen LogP contribution is 2.32. The van der Waals surface area contributed by atoms with E-state index in [1.165, 1.54) is 28.3 Å². The number of hydrogen-bond acceptors (Lipinski definition) is 3. The second-order valence-corrected chi connectivity index (χ2v) is 5.50. The van der Waals surface area contributed by atoms with Gasteiger partial charge in [0.1, 0.15) is 0 Å². The Labute approximate surface area is 100 Å². The summed E-state index contributed by atoms with van der Waals surface area (Å²) in [6, 6.07) is 6.93. The van der Waals surface area contributed by atoms with E-state index < -0.39 is 0 Å². The van der Waals surface area contributed by atoms with Gasteiger partial charge in [-0.15, -0.1) is 23.5 Å². The zero-order valence-electron chi connectivity index (χ0n) is 9.25. The molecule has 1 saturated heterocycles. The van der Waals surface area contributed by atoms with Crippen molar-refractivity contribution in [2.75, 3.05) is 25.6 Å². The predicted octanol–water partition coefficient (Wildman–Crippen LogP) is 3.21. The van der Waals surface area contributed by atoms with Crippen LogP contribution in [0.4, 0.5) is 0 Å². The van der Waals surface area contributed by atoms with E-state index in [4.69, 9.17) is 0 Å². The van der Waals surface area contributed by atoms with Crippen LogP contribution < -0.4 is 5.32 Å². The highest BCUT2D eigenvalue weighted by Gasteiger charge is 2.17. The predicted molar refractivity (Wildman–Crippen MR) is 70.2 cm³/mol. The van der Waals surface area contributed by atoms with Gasteiger partial charge in [-0.3, -0.25) is 0 Å². The monoisotopic (exact) mass is 239 g/mol. The van der Waals surface area contributed by atoms with Crippen molar-refractivity contribution in [3.63, 3.8) is 0 Å². The van der Waals surface area contributed by atoms with E-state index in [1.54, 1.807) is 0 Å². The molecule has 0 aliphatic carbocycles. The van der Waals surface area contributed by atoms with Gasteiger partial charge >= 0.3 is 0 Å². The summed E-state index contributed by atoms with van der Waals surface area (Å²) in [6.45, 7) is 2.32. The maximum atomic E-state index is 3.42. The average Bonchev–Trinajstić information content (AvgIpc) is 2.81. The first kappa shape index (κ1) is 11.4. The van der Waals surface area contributed by atoms with Crippen molar-refractivity contribution in [1.29, 1.82) is 0 Å². The van der Waals surface area contributed by atoms with Crippen molar-refractivity contribution in [1.82, 2.24) is 5.32 Å². The molecule has 0 amide bonds. The summed E-state index contributed by atoms with van der Waals surface area (Å²) in [5.74, 6) is 0.729. The summed E-state index contributed by atoms with van der Waals surface area (Å²) in [6.07, 6.45) is 5.59. The van der Waals surface area contributed by atoms with Crippen molar-refractivity contribution >= 4 is 23.5 Å². The van der Waals surface area contributed by atoms with E-state index in [0.29, 0.717) is 0 Å². The summed E-state index contributed by atoms with van der Waals surface area (Å²) < 4.78 is 0. The quantitative estimate of drug-likeness (QED) is 0.814. The lowest BCUT2D eigenvalue weighted by molar-refractivity contribution is 0.759. The SMILES string of the molecule is CSc1ccc(C2CCNC2)cc1SC. The molecule has 1 heterocycles. The summed E-state index contributed by atoms with van der Waals surface area (Å²) in [5, 5.41) is 3.42. The summed E-state index contributed by atoms with van der Waals surface area (Å²) >= 11 is 3.69. The highest BCUT2D eigenvalue weighted by molar-refractivity contribution is 8.01. The Hall–Kier alpha value is -0.120. The van der Waals surface area contributed by atoms with Crippen molar-refractivity contribution in [2.45, 2.75) is 22.1 Å². The standard InChI is InChI=1S/C12H17NS2/c1-14-11-4-3-9(7-12(11)15-2)10-5-6-13-8-10/h3-4,7,10,13H,5-6,8H2,1-2H3. The topological polar surface area (TPSA) is 12.0 Å². The Morgan fingerprint density at radius 3 is 2.60 bits per heavy atom. The minimum Gasteiger partial charge on any atom is -0.316 e. The number of rotatable bonds is 3. The maximum absolute atomic E-state index is 3.42. The number of nitrogens with one attached hydrogen (secondary N) is 1. The summed E-state index contributed by atoms with van der Waals surface area (Å²) in [5.41, 5.74) is 1.50. The average molecular weight is 239 g/mol. The molecule has 2 rings (SSSR count). The highest BCUT2D eigenvalue weighted by atomic mass is 32.2. The fraction of sp³-hybridized carbons (Fsp3) is 0.500. The van der Waals surface area contributed by atoms with E-state index in [0.717, 1.165) is 12.5 Å². The van der Waals surface area contributed by atoms with Gasteiger partial charge in [0.25, 0.3) is 0 Å². The van der Waals surface area contributed by atoms with Crippen molar-refractivity contribution in [3.05, 3.63) is 23.8 Å². The summed E-state index contributed by atoms with van der Waals surface area (Å²) in [7, 11) is 0. The Kier molecular flexibility index (Phi) is 4.00. The fourth-order valence-corrected chi connectivity index (χ4v) is 3.53. The van der Waals surface area contributed by atoms with Crippen LogP contribution in [0.1, 0.15) is 17.9 Å². The molecule has 82 valence electrons. The molecule has 3 heteroatoms. The molecule has 1 aromatic carbocycles. The molecule has 1 aromatic rings.